The first-order valence-corrected chi connectivity index (χ1v) is 8.25. The molecule has 2 aromatic carbocycles. The summed E-state index contributed by atoms with van der Waals surface area (Å²) in [6, 6.07) is 12.1. The Labute approximate surface area is 149 Å². The molecule has 2 aliphatic rings. The van der Waals surface area contributed by atoms with E-state index in [9.17, 15) is 9.59 Å². The molecule has 1 atom stereocenters. The van der Waals surface area contributed by atoms with E-state index in [0.717, 1.165) is 0 Å². The van der Waals surface area contributed by atoms with Crippen LogP contribution in [0.25, 0.3) is 0 Å². The third-order valence-corrected chi connectivity index (χ3v) is 4.32. The molecule has 134 valence electrons. The fourth-order valence-electron chi connectivity index (χ4n) is 3.02. The molecule has 0 aliphatic carbocycles. The van der Waals surface area contributed by atoms with Crippen LogP contribution in [0.4, 0.5) is 5.69 Å². The molecular formula is C19H17NO6. The van der Waals surface area contributed by atoms with Crippen LogP contribution >= 0.6 is 0 Å². The number of ether oxygens (including phenoxy) is 3. The van der Waals surface area contributed by atoms with Gasteiger partial charge in [0.15, 0.2) is 30.0 Å². The average Bonchev–Trinajstić information content (AvgIpc) is 2.69. The summed E-state index contributed by atoms with van der Waals surface area (Å²) in [7, 11) is 0. The van der Waals surface area contributed by atoms with E-state index in [1.54, 1.807) is 18.2 Å². The van der Waals surface area contributed by atoms with Gasteiger partial charge in [0, 0.05) is 5.56 Å². The Morgan fingerprint density at radius 2 is 1.92 bits per heavy atom. The van der Waals surface area contributed by atoms with Gasteiger partial charge in [-0.05, 0) is 30.3 Å². The highest BCUT2D eigenvalue weighted by Gasteiger charge is 2.31. The Hall–Kier alpha value is -3.06. The minimum atomic E-state index is -0.593. The van der Waals surface area contributed by atoms with Gasteiger partial charge in [-0.3, -0.25) is 9.59 Å². The van der Waals surface area contributed by atoms with Crippen molar-refractivity contribution in [3.05, 3.63) is 48.0 Å². The molecule has 26 heavy (non-hydrogen) atoms. The van der Waals surface area contributed by atoms with E-state index in [0.29, 0.717) is 35.1 Å². The molecular weight excluding hydrogens is 338 g/mol. The van der Waals surface area contributed by atoms with Crippen molar-refractivity contribution in [2.24, 2.45) is 0 Å². The topological polar surface area (TPSA) is 85.3 Å². The third kappa shape index (κ3) is 2.97. The largest absolute Gasteiger partial charge is 0.486 e. The SMILES string of the molecule is O=C(CO)c1ccc2c(c1)N(CC1COc3ccccc3O1)C(=O)CO2. The van der Waals surface area contributed by atoms with Gasteiger partial charge in [-0.1, -0.05) is 12.1 Å². The Balaban J connectivity index is 1.59. The van der Waals surface area contributed by atoms with Gasteiger partial charge in [-0.25, -0.2) is 0 Å². The summed E-state index contributed by atoms with van der Waals surface area (Å²) >= 11 is 0. The normalized spacial score (nSPS) is 18.1. The van der Waals surface area contributed by atoms with E-state index >= 15 is 0 Å². The molecule has 2 aromatic rings. The molecule has 7 nitrogen and oxygen atoms in total. The van der Waals surface area contributed by atoms with Crippen molar-refractivity contribution in [1.82, 2.24) is 0 Å². The fourth-order valence-corrected chi connectivity index (χ4v) is 3.02. The smallest absolute Gasteiger partial charge is 0.265 e. The lowest BCUT2D eigenvalue weighted by Crippen LogP contribution is -2.47. The van der Waals surface area contributed by atoms with Crippen LogP contribution < -0.4 is 19.1 Å². The zero-order chi connectivity index (χ0) is 18.1. The number of hydrogen-bond acceptors (Lipinski definition) is 6. The number of rotatable bonds is 4. The van der Waals surface area contributed by atoms with E-state index in [4.69, 9.17) is 19.3 Å². The second kappa shape index (κ2) is 6.68. The van der Waals surface area contributed by atoms with Crippen LogP contribution in [0.15, 0.2) is 42.5 Å². The van der Waals surface area contributed by atoms with Crippen LogP contribution in [-0.4, -0.2) is 49.3 Å². The van der Waals surface area contributed by atoms with Gasteiger partial charge >= 0.3 is 0 Å². The Bertz CT molecular complexity index is 865. The van der Waals surface area contributed by atoms with Crippen molar-refractivity contribution < 1.29 is 28.9 Å². The number of ketones is 1. The lowest BCUT2D eigenvalue weighted by atomic mass is 10.1. The van der Waals surface area contributed by atoms with Crippen molar-refractivity contribution in [3.63, 3.8) is 0 Å². The first kappa shape index (κ1) is 16.4. The summed E-state index contributed by atoms with van der Waals surface area (Å²) < 4.78 is 17.1. The maximum atomic E-state index is 12.4. The number of amides is 1. The van der Waals surface area contributed by atoms with E-state index in [-0.39, 0.29) is 25.2 Å². The fraction of sp³-hybridized carbons (Fsp3) is 0.263. The van der Waals surface area contributed by atoms with Gasteiger partial charge in [0.25, 0.3) is 5.91 Å². The second-order valence-corrected chi connectivity index (χ2v) is 6.05. The van der Waals surface area contributed by atoms with Crippen LogP contribution in [0, 0.1) is 0 Å². The van der Waals surface area contributed by atoms with Crippen LogP contribution in [0.5, 0.6) is 17.2 Å². The van der Waals surface area contributed by atoms with Crippen LogP contribution in [0.3, 0.4) is 0 Å². The molecule has 1 amide bonds. The number of aliphatic hydroxyl groups is 1. The van der Waals surface area contributed by atoms with Crippen molar-refractivity contribution in [3.8, 4) is 17.2 Å². The molecule has 0 fully saturated rings. The van der Waals surface area contributed by atoms with Gasteiger partial charge in [-0.2, -0.15) is 0 Å². The van der Waals surface area contributed by atoms with Gasteiger partial charge in [0.05, 0.1) is 12.2 Å². The molecule has 0 aromatic heterocycles. The van der Waals surface area contributed by atoms with E-state index in [2.05, 4.69) is 0 Å². The highest BCUT2D eigenvalue weighted by Crippen LogP contribution is 2.35. The number of para-hydroxylation sites is 2. The monoisotopic (exact) mass is 355 g/mol. The number of benzene rings is 2. The zero-order valence-electron chi connectivity index (χ0n) is 13.9. The Morgan fingerprint density at radius 3 is 2.73 bits per heavy atom. The molecule has 1 unspecified atom stereocenters. The maximum Gasteiger partial charge on any atom is 0.265 e. The number of aliphatic hydroxyl groups excluding tert-OH is 1. The predicted molar refractivity (Wildman–Crippen MR) is 92.1 cm³/mol. The predicted octanol–water partition coefficient (Wildman–Crippen LogP) is 1.43. The maximum absolute atomic E-state index is 12.4. The molecule has 0 saturated carbocycles. The van der Waals surface area contributed by atoms with Gasteiger partial charge in [0.1, 0.15) is 19.0 Å². The van der Waals surface area contributed by atoms with E-state index in [1.165, 1.54) is 4.90 Å². The molecule has 2 heterocycles. The molecule has 0 radical (unpaired) electrons. The summed E-state index contributed by atoms with van der Waals surface area (Å²) in [6.07, 6.45) is -0.350. The van der Waals surface area contributed by atoms with E-state index in [1.807, 2.05) is 24.3 Å². The number of anilines is 1. The van der Waals surface area contributed by atoms with Crippen LogP contribution in [0.1, 0.15) is 10.4 Å². The molecule has 0 saturated heterocycles. The third-order valence-electron chi connectivity index (χ3n) is 4.32. The number of fused-ring (bicyclic) bond motifs is 2. The lowest BCUT2D eigenvalue weighted by molar-refractivity contribution is -0.121. The highest BCUT2D eigenvalue weighted by molar-refractivity contribution is 6.02. The first-order valence-electron chi connectivity index (χ1n) is 8.25. The minimum absolute atomic E-state index is 0.0789. The Kier molecular flexibility index (Phi) is 4.22. The van der Waals surface area contributed by atoms with Crippen molar-refractivity contribution in [2.75, 3.05) is 31.3 Å². The summed E-state index contributed by atoms with van der Waals surface area (Å²) in [5, 5.41) is 9.07. The van der Waals surface area contributed by atoms with Crippen molar-refractivity contribution in [1.29, 1.82) is 0 Å². The molecule has 4 rings (SSSR count). The quantitative estimate of drug-likeness (QED) is 0.835. The van der Waals surface area contributed by atoms with Crippen LogP contribution in [-0.2, 0) is 4.79 Å². The lowest BCUT2D eigenvalue weighted by Gasteiger charge is -2.34. The first-order chi connectivity index (χ1) is 12.7. The number of carbonyl (C=O) groups excluding carboxylic acids is 2. The summed E-state index contributed by atoms with van der Waals surface area (Å²) in [5.41, 5.74) is 0.809. The molecule has 0 bridgehead atoms. The Morgan fingerprint density at radius 1 is 1.12 bits per heavy atom. The van der Waals surface area contributed by atoms with Gasteiger partial charge in [0.2, 0.25) is 0 Å². The summed E-state index contributed by atoms with van der Waals surface area (Å²) in [6.45, 7) is -0.0963. The molecule has 2 aliphatic heterocycles. The molecule has 7 heteroatoms. The highest BCUT2D eigenvalue weighted by atomic mass is 16.6. The summed E-state index contributed by atoms with van der Waals surface area (Å²) in [5.74, 6) is 1.17. The second-order valence-electron chi connectivity index (χ2n) is 6.05. The van der Waals surface area contributed by atoms with Gasteiger partial charge in [-0.15, -0.1) is 0 Å². The standard InChI is InChI=1S/C19H17NO6/c21-9-15(22)12-5-6-16-14(7-12)20(19(23)11-25-16)8-13-10-24-17-3-1-2-4-18(17)26-13/h1-7,13,21H,8-11H2. The van der Waals surface area contributed by atoms with Crippen LogP contribution in [0.2, 0.25) is 0 Å². The molecule has 0 spiro atoms. The molecule has 1 N–H and O–H groups in total. The number of nitrogens with zero attached hydrogens (tertiary/aromatic N) is 1. The number of Topliss-reactive ketones (excluding diaryl/α,β-unsaturated/α-hetero) is 1. The number of carbonyl (C=O) groups is 2. The zero-order valence-corrected chi connectivity index (χ0v) is 13.9. The average molecular weight is 355 g/mol. The van der Waals surface area contributed by atoms with Gasteiger partial charge < -0.3 is 24.2 Å². The number of hydrogen-bond donors (Lipinski definition) is 1. The van der Waals surface area contributed by atoms with Crippen molar-refractivity contribution >= 4 is 17.4 Å². The van der Waals surface area contributed by atoms with Crippen molar-refractivity contribution in [2.45, 2.75) is 6.10 Å². The van der Waals surface area contributed by atoms with E-state index < -0.39 is 12.4 Å². The minimum Gasteiger partial charge on any atom is -0.486 e. The summed E-state index contributed by atoms with van der Waals surface area (Å²) in [4.78, 5) is 25.7.